The second-order valence-electron chi connectivity index (χ2n) is 4.13. The standard InChI is InChI=1S/C14H15BrN2O3/c1-19-12-4-2-10(3-5-12)13-8-11(17-20-13)9-16-14(18)6-7-15/h2-5,8H,6-7,9H2,1H3,(H,16,18). The van der Waals surface area contributed by atoms with Gasteiger partial charge in [-0.1, -0.05) is 21.1 Å². The van der Waals surface area contributed by atoms with Gasteiger partial charge >= 0.3 is 0 Å². The zero-order chi connectivity index (χ0) is 14.4. The third-order valence-corrected chi connectivity index (χ3v) is 3.12. The first kappa shape index (κ1) is 14.6. The molecule has 0 aliphatic rings. The molecule has 20 heavy (non-hydrogen) atoms. The Morgan fingerprint density at radius 3 is 2.80 bits per heavy atom. The predicted molar refractivity (Wildman–Crippen MR) is 78.7 cm³/mol. The number of carbonyl (C=O) groups excluding carboxylic acids is 1. The van der Waals surface area contributed by atoms with Gasteiger partial charge in [-0.2, -0.15) is 0 Å². The Bertz CT molecular complexity index is 566. The Morgan fingerprint density at radius 2 is 2.15 bits per heavy atom. The van der Waals surface area contributed by atoms with Crippen molar-refractivity contribution in [1.29, 1.82) is 0 Å². The molecule has 1 aromatic carbocycles. The van der Waals surface area contributed by atoms with E-state index >= 15 is 0 Å². The van der Waals surface area contributed by atoms with E-state index in [-0.39, 0.29) is 5.91 Å². The van der Waals surface area contributed by atoms with Crippen LogP contribution in [-0.4, -0.2) is 23.5 Å². The first-order valence-electron chi connectivity index (χ1n) is 6.15. The van der Waals surface area contributed by atoms with E-state index < -0.39 is 0 Å². The van der Waals surface area contributed by atoms with Crippen molar-refractivity contribution in [2.45, 2.75) is 13.0 Å². The molecule has 2 rings (SSSR count). The molecule has 1 heterocycles. The average Bonchev–Trinajstić information content (AvgIpc) is 2.94. The lowest BCUT2D eigenvalue weighted by Gasteiger charge is -2.00. The number of ether oxygens (including phenoxy) is 1. The van der Waals surface area contributed by atoms with Crippen LogP contribution in [0.2, 0.25) is 0 Å². The molecule has 0 aliphatic carbocycles. The van der Waals surface area contributed by atoms with Gasteiger partial charge in [0.1, 0.15) is 11.4 Å². The Labute approximate surface area is 125 Å². The first-order valence-corrected chi connectivity index (χ1v) is 7.27. The summed E-state index contributed by atoms with van der Waals surface area (Å²) in [5, 5.41) is 7.35. The van der Waals surface area contributed by atoms with Gasteiger partial charge in [0.2, 0.25) is 5.91 Å². The van der Waals surface area contributed by atoms with Crippen LogP contribution in [0.25, 0.3) is 11.3 Å². The molecular formula is C14H15BrN2O3. The fourth-order valence-corrected chi connectivity index (χ4v) is 2.01. The van der Waals surface area contributed by atoms with Crippen molar-refractivity contribution in [2.75, 3.05) is 12.4 Å². The summed E-state index contributed by atoms with van der Waals surface area (Å²) in [6.07, 6.45) is 0.448. The van der Waals surface area contributed by atoms with Gasteiger partial charge in [0.15, 0.2) is 5.76 Å². The molecule has 5 nitrogen and oxygen atoms in total. The zero-order valence-corrected chi connectivity index (χ0v) is 12.6. The number of carbonyl (C=O) groups is 1. The third kappa shape index (κ3) is 3.84. The smallest absolute Gasteiger partial charge is 0.221 e. The van der Waals surface area contributed by atoms with Gasteiger partial charge in [-0.05, 0) is 24.3 Å². The highest BCUT2D eigenvalue weighted by atomic mass is 79.9. The second-order valence-corrected chi connectivity index (χ2v) is 4.92. The van der Waals surface area contributed by atoms with Crippen molar-refractivity contribution in [3.63, 3.8) is 0 Å². The Morgan fingerprint density at radius 1 is 1.40 bits per heavy atom. The molecule has 0 fully saturated rings. The minimum absolute atomic E-state index is 0.0177. The number of rotatable bonds is 6. The van der Waals surface area contributed by atoms with Crippen molar-refractivity contribution < 1.29 is 14.1 Å². The molecule has 1 aromatic heterocycles. The van der Waals surface area contributed by atoms with E-state index in [1.807, 2.05) is 30.3 Å². The molecule has 0 spiro atoms. The molecule has 6 heteroatoms. The highest BCUT2D eigenvalue weighted by Gasteiger charge is 2.08. The summed E-state index contributed by atoms with van der Waals surface area (Å²) in [7, 11) is 1.62. The summed E-state index contributed by atoms with van der Waals surface area (Å²) < 4.78 is 10.4. The average molecular weight is 339 g/mol. The minimum atomic E-state index is -0.0177. The van der Waals surface area contributed by atoms with Crippen molar-refractivity contribution in [3.05, 3.63) is 36.0 Å². The van der Waals surface area contributed by atoms with Crippen LogP contribution in [0.1, 0.15) is 12.1 Å². The van der Waals surface area contributed by atoms with Crippen LogP contribution in [0.4, 0.5) is 0 Å². The van der Waals surface area contributed by atoms with E-state index in [1.54, 1.807) is 7.11 Å². The normalized spacial score (nSPS) is 10.3. The van der Waals surface area contributed by atoms with Crippen molar-refractivity contribution in [2.24, 2.45) is 0 Å². The fraction of sp³-hybridized carbons (Fsp3) is 0.286. The number of aromatic nitrogens is 1. The molecule has 0 unspecified atom stereocenters. The van der Waals surface area contributed by atoms with Crippen LogP contribution < -0.4 is 10.1 Å². The molecule has 0 saturated heterocycles. The van der Waals surface area contributed by atoms with E-state index in [4.69, 9.17) is 9.26 Å². The van der Waals surface area contributed by atoms with E-state index in [2.05, 4.69) is 26.4 Å². The topological polar surface area (TPSA) is 64.4 Å². The number of nitrogens with one attached hydrogen (secondary N) is 1. The highest BCUT2D eigenvalue weighted by molar-refractivity contribution is 9.09. The minimum Gasteiger partial charge on any atom is -0.497 e. The van der Waals surface area contributed by atoms with Gasteiger partial charge < -0.3 is 14.6 Å². The predicted octanol–water partition coefficient (Wildman–Crippen LogP) is 2.75. The monoisotopic (exact) mass is 338 g/mol. The van der Waals surface area contributed by atoms with Gasteiger partial charge in [-0.25, -0.2) is 0 Å². The van der Waals surface area contributed by atoms with E-state index in [0.717, 1.165) is 11.3 Å². The van der Waals surface area contributed by atoms with Crippen LogP contribution in [0, 0.1) is 0 Å². The summed E-state index contributed by atoms with van der Waals surface area (Å²) in [5.74, 6) is 1.43. The molecule has 0 bridgehead atoms. The number of benzene rings is 1. The summed E-state index contributed by atoms with van der Waals surface area (Å²) in [6, 6.07) is 9.32. The number of hydrogen-bond acceptors (Lipinski definition) is 4. The van der Waals surface area contributed by atoms with Crippen LogP contribution >= 0.6 is 15.9 Å². The molecule has 0 aliphatic heterocycles. The second kappa shape index (κ2) is 7.09. The lowest BCUT2D eigenvalue weighted by atomic mass is 10.1. The van der Waals surface area contributed by atoms with E-state index in [1.165, 1.54) is 0 Å². The molecule has 106 valence electrons. The lowest BCUT2D eigenvalue weighted by Crippen LogP contribution is -2.22. The largest absolute Gasteiger partial charge is 0.497 e. The molecular weight excluding hydrogens is 324 g/mol. The number of nitrogens with zero attached hydrogens (tertiary/aromatic N) is 1. The zero-order valence-electron chi connectivity index (χ0n) is 11.1. The van der Waals surface area contributed by atoms with Gasteiger partial charge in [-0.3, -0.25) is 4.79 Å². The summed E-state index contributed by atoms with van der Waals surface area (Å²) in [5.41, 5.74) is 1.61. The molecule has 1 amide bonds. The van der Waals surface area contributed by atoms with Crippen molar-refractivity contribution >= 4 is 21.8 Å². The molecule has 1 N–H and O–H groups in total. The van der Waals surface area contributed by atoms with Gasteiger partial charge in [0.05, 0.1) is 13.7 Å². The van der Waals surface area contributed by atoms with Crippen LogP contribution in [0.3, 0.4) is 0 Å². The van der Waals surface area contributed by atoms with Gasteiger partial charge in [0, 0.05) is 23.4 Å². The Hall–Kier alpha value is -1.82. The molecule has 2 aromatic rings. The SMILES string of the molecule is COc1ccc(-c2cc(CNC(=O)CCBr)no2)cc1. The number of hydrogen-bond donors (Lipinski definition) is 1. The fourth-order valence-electron chi connectivity index (χ4n) is 1.65. The maximum atomic E-state index is 11.4. The van der Waals surface area contributed by atoms with E-state index in [0.29, 0.717) is 29.7 Å². The number of methoxy groups -OCH3 is 1. The van der Waals surface area contributed by atoms with Crippen LogP contribution in [0.15, 0.2) is 34.9 Å². The molecule has 0 radical (unpaired) electrons. The summed E-state index contributed by atoms with van der Waals surface area (Å²) in [6.45, 7) is 0.367. The number of alkyl halides is 1. The third-order valence-electron chi connectivity index (χ3n) is 2.72. The quantitative estimate of drug-likeness (QED) is 0.822. The van der Waals surface area contributed by atoms with Crippen LogP contribution in [-0.2, 0) is 11.3 Å². The van der Waals surface area contributed by atoms with Crippen molar-refractivity contribution in [3.8, 4) is 17.1 Å². The Balaban J connectivity index is 1.99. The number of halogens is 1. The van der Waals surface area contributed by atoms with Crippen molar-refractivity contribution in [1.82, 2.24) is 10.5 Å². The maximum absolute atomic E-state index is 11.4. The maximum Gasteiger partial charge on any atom is 0.221 e. The molecule has 0 atom stereocenters. The molecule has 0 saturated carbocycles. The lowest BCUT2D eigenvalue weighted by molar-refractivity contribution is -0.120. The van der Waals surface area contributed by atoms with E-state index in [9.17, 15) is 4.79 Å². The van der Waals surface area contributed by atoms with Crippen LogP contribution in [0.5, 0.6) is 5.75 Å². The van der Waals surface area contributed by atoms with Gasteiger partial charge in [0.25, 0.3) is 0 Å². The number of amides is 1. The Kier molecular flexibility index (Phi) is 5.17. The highest BCUT2D eigenvalue weighted by Crippen LogP contribution is 2.22. The summed E-state index contributed by atoms with van der Waals surface area (Å²) >= 11 is 3.22. The summed E-state index contributed by atoms with van der Waals surface area (Å²) in [4.78, 5) is 11.4. The first-order chi connectivity index (χ1) is 9.72. The van der Waals surface area contributed by atoms with Gasteiger partial charge in [-0.15, -0.1) is 0 Å².